The van der Waals surface area contributed by atoms with E-state index in [1.807, 2.05) is 83.1 Å². The molecule has 0 N–H and O–H groups in total. The molecule has 4 rings (SSSR count). The summed E-state index contributed by atoms with van der Waals surface area (Å²) in [6, 6.07) is 6.09. The van der Waals surface area contributed by atoms with Gasteiger partial charge in [0.15, 0.2) is 11.6 Å². The second-order valence-electron chi connectivity index (χ2n) is 17.9. The van der Waals surface area contributed by atoms with Gasteiger partial charge in [-0.25, -0.2) is 8.42 Å². The topological polar surface area (TPSA) is 204 Å². The van der Waals surface area contributed by atoms with Gasteiger partial charge in [-0.05, 0) is 81.4 Å². The van der Waals surface area contributed by atoms with Crippen LogP contribution in [-0.4, -0.2) is 29.8 Å². The minimum absolute atomic E-state index is 0.0555. The molecule has 0 heterocycles. The van der Waals surface area contributed by atoms with Gasteiger partial charge in [0.2, 0.25) is 9.84 Å². The standard InChI is InChI=1S/C42H48N6O8S/c1-39(2,3)29-17-25(18-30(37(29)49)40(4,5)6)23-43-45-27-13-15-35(33(21-27)47(51)52)57(55,56)36-16-14-28(22-34(36)48(53)54)46-44-24-26-19-31(41(7,8)9)38(50)32(20-26)42(10,11)12/h13-24H,1-12H3. The Hall–Kier alpha value is -5.83. The van der Waals surface area contributed by atoms with Crippen molar-refractivity contribution in [3.8, 4) is 0 Å². The normalized spacial score (nSPS) is 16.1. The van der Waals surface area contributed by atoms with Crippen LogP contribution in [0.5, 0.6) is 0 Å². The van der Waals surface area contributed by atoms with Crippen molar-refractivity contribution in [2.24, 2.45) is 42.1 Å². The molecule has 0 unspecified atom stereocenters. The molecular formula is C42H48N6O8S. The van der Waals surface area contributed by atoms with Gasteiger partial charge < -0.3 is 0 Å². The van der Waals surface area contributed by atoms with Crippen LogP contribution < -0.4 is 0 Å². The first-order valence-corrected chi connectivity index (χ1v) is 19.5. The molecule has 0 atom stereocenters. The highest BCUT2D eigenvalue weighted by Crippen LogP contribution is 2.41. The molecular weight excluding hydrogens is 749 g/mol. The molecule has 2 aliphatic rings. The van der Waals surface area contributed by atoms with Gasteiger partial charge in [-0.2, -0.15) is 20.5 Å². The minimum Gasteiger partial charge on any atom is -0.289 e. The van der Waals surface area contributed by atoms with Crippen molar-refractivity contribution >= 4 is 44.2 Å². The van der Waals surface area contributed by atoms with E-state index in [1.54, 1.807) is 24.3 Å². The summed E-state index contributed by atoms with van der Waals surface area (Å²) in [7, 11) is -4.84. The van der Waals surface area contributed by atoms with Crippen molar-refractivity contribution in [1.29, 1.82) is 0 Å². The molecule has 0 aliphatic heterocycles. The number of sulfone groups is 1. The lowest BCUT2D eigenvalue weighted by Gasteiger charge is -2.31. The molecule has 2 aromatic rings. The van der Waals surface area contributed by atoms with Crippen molar-refractivity contribution in [2.45, 2.75) is 92.9 Å². The highest BCUT2D eigenvalue weighted by molar-refractivity contribution is 7.91. The van der Waals surface area contributed by atoms with E-state index in [-0.39, 0.29) is 22.9 Å². The highest BCUT2D eigenvalue weighted by atomic mass is 32.2. The predicted molar refractivity (Wildman–Crippen MR) is 217 cm³/mol. The minimum atomic E-state index is -4.84. The fourth-order valence-electron chi connectivity index (χ4n) is 6.00. The van der Waals surface area contributed by atoms with Crippen molar-refractivity contribution in [3.63, 3.8) is 0 Å². The second-order valence-corrected chi connectivity index (χ2v) is 19.8. The van der Waals surface area contributed by atoms with Gasteiger partial charge in [0, 0.05) is 34.4 Å². The largest absolute Gasteiger partial charge is 0.290 e. The zero-order chi connectivity index (χ0) is 43.1. The lowest BCUT2D eigenvalue weighted by atomic mass is 9.72. The molecule has 2 aliphatic carbocycles. The number of azo groups is 2. The highest BCUT2D eigenvalue weighted by Gasteiger charge is 2.36. The molecule has 14 nitrogen and oxygen atoms in total. The molecule has 0 fully saturated rings. The van der Waals surface area contributed by atoms with Crippen molar-refractivity contribution in [1.82, 2.24) is 0 Å². The van der Waals surface area contributed by atoms with Crippen molar-refractivity contribution in [2.75, 3.05) is 0 Å². The molecule has 0 radical (unpaired) electrons. The third-order valence-electron chi connectivity index (χ3n) is 9.07. The summed E-state index contributed by atoms with van der Waals surface area (Å²) in [5.74, 6) is -0.134. The third-order valence-corrected chi connectivity index (χ3v) is 10.9. The summed E-state index contributed by atoms with van der Waals surface area (Å²) in [5, 5.41) is 40.5. The maximum Gasteiger partial charge on any atom is 0.290 e. The monoisotopic (exact) mass is 796 g/mol. The average molecular weight is 797 g/mol. The van der Waals surface area contributed by atoms with Crippen LogP contribution in [-0.2, 0) is 19.4 Å². The van der Waals surface area contributed by atoms with E-state index in [2.05, 4.69) is 20.5 Å². The maximum absolute atomic E-state index is 13.8. The number of rotatable bonds is 8. The Morgan fingerprint density at radius 2 is 0.807 bits per heavy atom. The van der Waals surface area contributed by atoms with Crippen LogP contribution in [0.1, 0.15) is 83.1 Å². The average Bonchev–Trinajstić information content (AvgIpc) is 3.07. The van der Waals surface area contributed by atoms with E-state index >= 15 is 0 Å². The Bertz CT molecular complexity index is 2200. The van der Waals surface area contributed by atoms with E-state index in [1.165, 1.54) is 24.5 Å². The lowest BCUT2D eigenvalue weighted by molar-refractivity contribution is -0.388. The molecule has 2 aromatic carbocycles. The summed E-state index contributed by atoms with van der Waals surface area (Å²) in [4.78, 5) is 47.4. The molecule has 0 saturated heterocycles. The van der Waals surface area contributed by atoms with Gasteiger partial charge in [-0.1, -0.05) is 83.1 Å². The molecule has 0 aromatic heterocycles. The first kappa shape index (κ1) is 43.9. The van der Waals surface area contributed by atoms with Gasteiger partial charge in [-0.3, -0.25) is 29.8 Å². The molecule has 0 spiro atoms. The molecule has 15 heteroatoms. The van der Waals surface area contributed by atoms with E-state index in [4.69, 9.17) is 0 Å². The predicted octanol–water partition coefficient (Wildman–Crippen LogP) is 11.3. The fourth-order valence-corrected chi connectivity index (χ4v) is 7.55. The fraction of sp³-hybridized carbons (Fsp3) is 0.381. The number of hydrogen-bond donors (Lipinski definition) is 0. The number of nitro benzene ring substituents is 2. The maximum atomic E-state index is 13.8. The number of carbonyl (C=O) groups is 2. The summed E-state index contributed by atoms with van der Waals surface area (Å²) in [5.41, 5.74) is -0.184. The van der Waals surface area contributed by atoms with Gasteiger partial charge in [0.25, 0.3) is 11.4 Å². The van der Waals surface area contributed by atoms with Gasteiger partial charge in [0.05, 0.1) is 33.6 Å². The van der Waals surface area contributed by atoms with Crippen LogP contribution in [0.15, 0.2) is 137 Å². The summed E-state index contributed by atoms with van der Waals surface area (Å²) >= 11 is 0. The molecule has 0 saturated carbocycles. The van der Waals surface area contributed by atoms with Gasteiger partial charge in [0.1, 0.15) is 9.79 Å². The van der Waals surface area contributed by atoms with Crippen LogP contribution in [0.2, 0.25) is 0 Å². The van der Waals surface area contributed by atoms with Crippen molar-refractivity contribution < 1.29 is 27.9 Å². The van der Waals surface area contributed by atoms with E-state index in [0.717, 1.165) is 24.3 Å². The zero-order valence-electron chi connectivity index (χ0n) is 34.3. The summed E-state index contributed by atoms with van der Waals surface area (Å²) in [6.07, 6.45) is 9.65. The van der Waals surface area contributed by atoms with Crippen molar-refractivity contribution in [3.05, 3.63) is 127 Å². The molecule has 0 bridgehead atoms. The van der Waals surface area contributed by atoms with Crippen LogP contribution in [0.4, 0.5) is 22.7 Å². The molecule has 57 heavy (non-hydrogen) atoms. The Labute approximate surface area is 332 Å². The number of benzene rings is 2. The third kappa shape index (κ3) is 9.95. The van der Waals surface area contributed by atoms with Gasteiger partial charge >= 0.3 is 0 Å². The van der Waals surface area contributed by atoms with E-state index in [9.17, 15) is 38.2 Å². The number of Topliss-reactive ketones (excluding diaryl/α,β-unsaturated/α-hetero) is 2. The van der Waals surface area contributed by atoms with E-state index < -0.39 is 62.5 Å². The summed E-state index contributed by atoms with van der Waals surface area (Å²) < 4.78 is 27.7. The number of nitrogens with zero attached hydrogens (tertiary/aromatic N) is 6. The zero-order valence-corrected chi connectivity index (χ0v) is 35.1. The number of carbonyl (C=O) groups excluding carboxylic acids is 2. The smallest absolute Gasteiger partial charge is 0.289 e. The number of allylic oxidation sites excluding steroid dienone is 10. The Morgan fingerprint density at radius 1 is 0.526 bits per heavy atom. The van der Waals surface area contributed by atoms with Gasteiger partial charge in [-0.15, -0.1) is 0 Å². The Balaban J connectivity index is 1.70. The second kappa shape index (κ2) is 15.6. The Morgan fingerprint density at radius 3 is 1.05 bits per heavy atom. The first-order chi connectivity index (χ1) is 26.0. The molecule has 0 amide bonds. The van der Waals surface area contributed by atoms with Crippen LogP contribution in [0, 0.1) is 41.9 Å². The Kier molecular flexibility index (Phi) is 12.0. The SMILES string of the molecule is CC(C)(C)C1=CC(=CN=Nc2ccc(S(=O)(=O)c3ccc(N=NC=C4C=C(C(C)(C)C)C(=O)C(C(C)(C)C)=C4)cc3[N+](=O)[O-])c([N+](=O)[O-])c2)C=C(C(C)(C)C)C1=O. The number of nitro groups is 2. The van der Waals surface area contributed by atoms with Crippen LogP contribution in [0.25, 0.3) is 0 Å². The number of hydrogen-bond acceptors (Lipinski definition) is 12. The van der Waals surface area contributed by atoms with E-state index in [0.29, 0.717) is 33.4 Å². The van der Waals surface area contributed by atoms with Crippen LogP contribution in [0.3, 0.4) is 0 Å². The quantitative estimate of drug-likeness (QED) is 0.142. The molecule has 300 valence electrons. The lowest BCUT2D eigenvalue weighted by Crippen LogP contribution is -2.27. The number of ketones is 2. The first-order valence-electron chi connectivity index (χ1n) is 18.1. The van der Waals surface area contributed by atoms with Crippen LogP contribution >= 0.6 is 0 Å². The summed E-state index contributed by atoms with van der Waals surface area (Å²) in [6.45, 7) is 23.1.